The number of carbonyl (C=O) groups is 1. The summed E-state index contributed by atoms with van der Waals surface area (Å²) >= 11 is 0. The van der Waals surface area contributed by atoms with Crippen LogP contribution in [0.1, 0.15) is 30.6 Å². The molecule has 0 bridgehead atoms. The number of anilines is 1. The lowest BCUT2D eigenvalue weighted by Crippen LogP contribution is -2.26. The maximum Gasteiger partial charge on any atom is 0.256 e. The zero-order chi connectivity index (χ0) is 19.4. The van der Waals surface area contributed by atoms with Gasteiger partial charge in [-0.05, 0) is 56.2 Å². The molecule has 0 radical (unpaired) electrons. The maximum absolute atomic E-state index is 12.5. The van der Waals surface area contributed by atoms with Crippen LogP contribution < -0.4 is 9.79 Å². The van der Waals surface area contributed by atoms with Crippen LogP contribution in [0.5, 0.6) is 0 Å². The molecule has 6 nitrogen and oxygen atoms in total. The van der Waals surface area contributed by atoms with Gasteiger partial charge >= 0.3 is 0 Å². The first-order valence-corrected chi connectivity index (χ1v) is 10.5. The van der Waals surface area contributed by atoms with E-state index in [4.69, 9.17) is 0 Å². The Hall–Kier alpha value is -2.67. The van der Waals surface area contributed by atoms with E-state index >= 15 is 0 Å². The monoisotopic (exact) mass is 385 g/mol. The van der Waals surface area contributed by atoms with Gasteiger partial charge in [0, 0.05) is 24.9 Å². The van der Waals surface area contributed by atoms with Crippen molar-refractivity contribution in [2.45, 2.75) is 26.3 Å². The summed E-state index contributed by atoms with van der Waals surface area (Å²) in [5.41, 5.74) is 2.09. The van der Waals surface area contributed by atoms with Crippen LogP contribution in [0.3, 0.4) is 0 Å². The lowest BCUT2D eigenvalue weighted by atomic mass is 10.2. The molecule has 0 spiro atoms. The van der Waals surface area contributed by atoms with Crippen molar-refractivity contribution in [3.05, 3.63) is 65.8 Å². The molecule has 1 fully saturated rings. The zero-order valence-electron chi connectivity index (χ0n) is 15.4. The minimum absolute atomic E-state index is 0.0878. The van der Waals surface area contributed by atoms with Crippen LogP contribution in [0.4, 0.5) is 5.69 Å². The Kier molecular flexibility index (Phi) is 5.60. The minimum Gasteiger partial charge on any atom is -0.270 e. The lowest BCUT2D eigenvalue weighted by molar-refractivity contribution is 0.0964. The van der Waals surface area contributed by atoms with Crippen LogP contribution in [0, 0.1) is 0 Å². The highest BCUT2D eigenvalue weighted by Gasteiger charge is 2.28. The summed E-state index contributed by atoms with van der Waals surface area (Å²) in [6.45, 7) is 4.43. The molecule has 0 unspecified atom stereocenters. The van der Waals surface area contributed by atoms with Gasteiger partial charge in [-0.3, -0.25) is 18.7 Å². The number of nitrogens with zero attached hydrogens (tertiary/aromatic N) is 3. The normalized spacial score (nSPS) is 17.1. The van der Waals surface area contributed by atoms with Crippen molar-refractivity contribution in [3.8, 4) is 0 Å². The smallest absolute Gasteiger partial charge is 0.256 e. The molecule has 3 rings (SSSR count). The minimum atomic E-state index is -3.18. The number of pyridine rings is 1. The Morgan fingerprint density at radius 3 is 2.52 bits per heavy atom. The van der Waals surface area contributed by atoms with Crippen LogP contribution in [0.25, 0.3) is 6.08 Å². The molecule has 142 valence electrons. The quantitative estimate of drug-likeness (QED) is 0.760. The molecule has 1 aromatic carbocycles. The summed E-state index contributed by atoms with van der Waals surface area (Å²) in [4.78, 5) is 17.0. The Balaban J connectivity index is 1.78. The summed E-state index contributed by atoms with van der Waals surface area (Å²) < 4.78 is 26.9. The highest BCUT2D eigenvalue weighted by molar-refractivity contribution is 7.93. The number of benzene rings is 1. The van der Waals surface area contributed by atoms with E-state index in [2.05, 4.69) is 4.99 Å². The largest absolute Gasteiger partial charge is 0.270 e. The Labute approximate surface area is 159 Å². The predicted octanol–water partition coefficient (Wildman–Crippen LogP) is 2.69. The van der Waals surface area contributed by atoms with E-state index in [1.807, 2.05) is 32.0 Å². The fraction of sp³-hybridized carbons (Fsp3) is 0.300. The Morgan fingerprint density at radius 2 is 1.89 bits per heavy atom. The summed E-state index contributed by atoms with van der Waals surface area (Å²) in [5, 5.41) is 0. The first kappa shape index (κ1) is 19.1. The molecule has 0 amide bonds. The van der Waals surface area contributed by atoms with Crippen molar-refractivity contribution in [2.24, 2.45) is 4.99 Å². The average Bonchev–Trinajstić information content (AvgIpc) is 2.99. The second-order valence-corrected chi connectivity index (χ2v) is 8.67. The van der Waals surface area contributed by atoms with Crippen molar-refractivity contribution in [1.82, 2.24) is 4.57 Å². The molecule has 1 aromatic heterocycles. The van der Waals surface area contributed by atoms with Gasteiger partial charge in [-0.1, -0.05) is 18.2 Å². The molecule has 0 saturated carbocycles. The second kappa shape index (κ2) is 7.92. The predicted molar refractivity (Wildman–Crippen MR) is 107 cm³/mol. The van der Waals surface area contributed by atoms with Crippen molar-refractivity contribution >= 4 is 27.7 Å². The van der Waals surface area contributed by atoms with Gasteiger partial charge in [0.25, 0.3) is 5.91 Å². The molecule has 1 aliphatic heterocycles. The highest BCUT2D eigenvalue weighted by atomic mass is 32.2. The fourth-order valence-corrected chi connectivity index (χ4v) is 4.48. The van der Waals surface area contributed by atoms with Crippen LogP contribution in [-0.4, -0.2) is 37.2 Å². The number of hydrogen-bond acceptors (Lipinski definition) is 4. The van der Waals surface area contributed by atoms with Crippen molar-refractivity contribution < 1.29 is 13.2 Å². The van der Waals surface area contributed by atoms with Crippen LogP contribution in [0.15, 0.2) is 59.7 Å². The van der Waals surface area contributed by atoms with Gasteiger partial charge in [-0.25, -0.2) is 8.42 Å². The van der Waals surface area contributed by atoms with Crippen molar-refractivity contribution in [3.63, 3.8) is 0 Å². The third-order valence-corrected chi connectivity index (χ3v) is 6.03. The zero-order valence-corrected chi connectivity index (χ0v) is 16.3. The molecule has 27 heavy (non-hydrogen) atoms. The van der Waals surface area contributed by atoms with Crippen molar-refractivity contribution in [2.75, 3.05) is 16.6 Å². The highest BCUT2D eigenvalue weighted by Crippen LogP contribution is 2.24. The molecule has 0 N–H and O–H groups in total. The second-order valence-electron chi connectivity index (χ2n) is 6.66. The van der Waals surface area contributed by atoms with Gasteiger partial charge in [0.15, 0.2) is 0 Å². The first-order valence-electron chi connectivity index (χ1n) is 8.91. The van der Waals surface area contributed by atoms with Gasteiger partial charge in [-0.2, -0.15) is 0 Å². The molecular weight excluding hydrogens is 362 g/mol. The molecule has 2 heterocycles. The van der Waals surface area contributed by atoms with E-state index in [1.54, 1.807) is 36.5 Å². The Bertz CT molecular complexity index is 1020. The topological polar surface area (TPSA) is 71.7 Å². The van der Waals surface area contributed by atoms with E-state index < -0.39 is 10.0 Å². The van der Waals surface area contributed by atoms with Crippen LogP contribution in [0.2, 0.25) is 0 Å². The third kappa shape index (κ3) is 4.54. The van der Waals surface area contributed by atoms with Gasteiger partial charge in [-0.15, -0.1) is 0 Å². The van der Waals surface area contributed by atoms with Gasteiger partial charge in [0.2, 0.25) is 10.0 Å². The summed E-state index contributed by atoms with van der Waals surface area (Å²) in [6, 6.07) is 12.7. The number of sulfonamides is 1. The molecule has 0 atom stereocenters. The summed E-state index contributed by atoms with van der Waals surface area (Å²) in [7, 11) is -3.18. The van der Waals surface area contributed by atoms with E-state index in [-0.39, 0.29) is 17.7 Å². The number of allylic oxidation sites excluding steroid dienone is 1. The van der Waals surface area contributed by atoms with Crippen molar-refractivity contribution in [1.29, 1.82) is 0 Å². The molecular formula is C20H23N3O3S. The van der Waals surface area contributed by atoms with E-state index in [0.717, 1.165) is 5.56 Å². The molecule has 1 saturated heterocycles. The maximum atomic E-state index is 12.5. The van der Waals surface area contributed by atoms with Crippen LogP contribution in [-0.2, 0) is 10.0 Å². The summed E-state index contributed by atoms with van der Waals surface area (Å²) in [5.74, 6) is 0.00232. The first-order chi connectivity index (χ1) is 12.9. The SMILES string of the molecule is CC(C)N=c1ccccn1C(=O)/C=C/c1ccc(N2CCCS2(=O)=O)cc1. The molecule has 7 heteroatoms. The average molecular weight is 385 g/mol. The number of rotatable bonds is 4. The van der Waals surface area contributed by atoms with Crippen LogP contribution >= 0.6 is 0 Å². The van der Waals surface area contributed by atoms with Gasteiger partial charge in [0.05, 0.1) is 11.4 Å². The summed E-state index contributed by atoms with van der Waals surface area (Å²) in [6.07, 6.45) is 5.54. The van der Waals surface area contributed by atoms with Gasteiger partial charge in [0.1, 0.15) is 5.49 Å². The lowest BCUT2D eigenvalue weighted by Gasteiger charge is -2.16. The molecule has 1 aliphatic rings. The Morgan fingerprint density at radius 1 is 1.15 bits per heavy atom. The van der Waals surface area contributed by atoms with Gasteiger partial charge < -0.3 is 0 Å². The molecule has 2 aromatic rings. The number of carbonyl (C=O) groups excluding carboxylic acids is 1. The molecule has 0 aliphatic carbocycles. The van der Waals surface area contributed by atoms with E-state index in [9.17, 15) is 13.2 Å². The van der Waals surface area contributed by atoms with E-state index in [1.165, 1.54) is 14.9 Å². The number of hydrogen-bond donors (Lipinski definition) is 0. The standard InChI is InChI=1S/C20H23N3O3S/c1-16(2)21-19-6-3-4-13-22(19)20(24)12-9-17-7-10-18(11-8-17)23-14-5-15-27(23,25)26/h3-4,6-13,16H,5,14-15H2,1-2H3/b12-9+,21-19?. The number of aromatic nitrogens is 1. The fourth-order valence-electron chi connectivity index (χ4n) is 2.92. The van der Waals surface area contributed by atoms with E-state index in [0.29, 0.717) is 24.1 Å². The third-order valence-electron chi connectivity index (χ3n) is 4.16.